The van der Waals surface area contributed by atoms with Gasteiger partial charge in [-0.3, -0.25) is 0 Å². The largest absolute Gasteiger partial charge is 0.495 e. The SMILES string of the molecule is C[N+]1=CCc2ccc(B3OC(C)(C)C(C)(C)O3)cc21. The van der Waals surface area contributed by atoms with Crippen LogP contribution in [-0.2, 0) is 15.7 Å². The van der Waals surface area contributed by atoms with Crippen LogP contribution in [0.3, 0.4) is 0 Å². The zero-order valence-corrected chi connectivity index (χ0v) is 12.4. The van der Waals surface area contributed by atoms with Gasteiger partial charge in [0.05, 0.1) is 17.6 Å². The molecule has 0 bridgehead atoms. The molecule has 1 aromatic carbocycles. The normalized spacial score (nSPS) is 23.4. The standard InChI is InChI=1S/C15H21BNO2/c1-14(2)15(3,4)19-16(18-14)12-7-6-11-8-9-17(5)13(11)10-12/h6-7,9-10H,8H2,1-5H3/q+1. The Bertz CT molecular complexity index is 547. The molecule has 0 amide bonds. The van der Waals surface area contributed by atoms with E-state index in [1.165, 1.54) is 11.3 Å². The highest BCUT2D eigenvalue weighted by atomic mass is 16.7. The van der Waals surface area contributed by atoms with Gasteiger partial charge in [0, 0.05) is 11.6 Å². The Labute approximate surface area is 115 Å². The second-order valence-corrected chi connectivity index (χ2v) is 6.47. The van der Waals surface area contributed by atoms with Crippen LogP contribution in [0, 0.1) is 0 Å². The first kappa shape index (κ1) is 12.9. The number of benzene rings is 1. The van der Waals surface area contributed by atoms with E-state index in [0.29, 0.717) is 0 Å². The van der Waals surface area contributed by atoms with Gasteiger partial charge in [-0.2, -0.15) is 0 Å². The van der Waals surface area contributed by atoms with Gasteiger partial charge in [-0.1, -0.05) is 12.1 Å². The minimum Gasteiger partial charge on any atom is -0.399 e. The summed E-state index contributed by atoms with van der Waals surface area (Å²) in [7, 11) is 1.81. The van der Waals surface area contributed by atoms with Gasteiger partial charge in [-0.25, -0.2) is 4.58 Å². The van der Waals surface area contributed by atoms with Crippen LogP contribution in [0.4, 0.5) is 5.69 Å². The summed E-state index contributed by atoms with van der Waals surface area (Å²) in [6.07, 6.45) is 3.20. The van der Waals surface area contributed by atoms with E-state index in [1.807, 2.05) is 0 Å². The van der Waals surface area contributed by atoms with Gasteiger partial charge in [0.15, 0.2) is 0 Å². The molecule has 100 valence electrons. The van der Waals surface area contributed by atoms with E-state index in [2.05, 4.69) is 63.7 Å². The monoisotopic (exact) mass is 258 g/mol. The predicted octanol–water partition coefficient (Wildman–Crippen LogP) is 1.89. The summed E-state index contributed by atoms with van der Waals surface area (Å²) in [6.45, 7) is 8.33. The van der Waals surface area contributed by atoms with Crippen LogP contribution >= 0.6 is 0 Å². The fourth-order valence-corrected chi connectivity index (χ4v) is 2.54. The molecule has 4 heteroatoms. The average molecular weight is 258 g/mol. The van der Waals surface area contributed by atoms with E-state index in [-0.39, 0.29) is 18.3 Å². The molecule has 1 fully saturated rings. The van der Waals surface area contributed by atoms with E-state index >= 15 is 0 Å². The van der Waals surface area contributed by atoms with Crippen LogP contribution < -0.4 is 5.46 Å². The highest BCUT2D eigenvalue weighted by Crippen LogP contribution is 2.36. The van der Waals surface area contributed by atoms with Crippen molar-refractivity contribution in [2.45, 2.75) is 45.3 Å². The van der Waals surface area contributed by atoms with Crippen LogP contribution in [0.15, 0.2) is 18.2 Å². The lowest BCUT2D eigenvalue weighted by atomic mass is 9.78. The van der Waals surface area contributed by atoms with E-state index in [1.54, 1.807) is 0 Å². The molecule has 2 heterocycles. The zero-order chi connectivity index (χ0) is 13.8. The maximum Gasteiger partial charge on any atom is 0.495 e. The summed E-state index contributed by atoms with van der Waals surface area (Å²) >= 11 is 0. The molecular formula is C15H21BNO2+. The lowest BCUT2D eigenvalue weighted by molar-refractivity contribution is -0.396. The molecule has 0 aliphatic carbocycles. The van der Waals surface area contributed by atoms with Crippen LogP contribution in [0.1, 0.15) is 33.3 Å². The van der Waals surface area contributed by atoms with E-state index in [4.69, 9.17) is 9.31 Å². The zero-order valence-electron chi connectivity index (χ0n) is 12.4. The third-order valence-corrected chi connectivity index (χ3v) is 4.60. The summed E-state index contributed by atoms with van der Waals surface area (Å²) < 4.78 is 14.4. The topological polar surface area (TPSA) is 21.5 Å². The van der Waals surface area contributed by atoms with Crippen LogP contribution in [0.5, 0.6) is 0 Å². The molecule has 0 saturated carbocycles. The molecule has 19 heavy (non-hydrogen) atoms. The molecule has 0 spiro atoms. The first-order chi connectivity index (χ1) is 8.80. The quantitative estimate of drug-likeness (QED) is 0.566. The predicted molar refractivity (Wildman–Crippen MR) is 77.8 cm³/mol. The van der Waals surface area contributed by atoms with Crippen molar-refractivity contribution in [1.82, 2.24) is 0 Å². The molecule has 0 N–H and O–H groups in total. The van der Waals surface area contributed by atoms with Gasteiger partial charge in [0.25, 0.3) is 0 Å². The van der Waals surface area contributed by atoms with Crippen molar-refractivity contribution in [3.8, 4) is 0 Å². The van der Waals surface area contributed by atoms with Gasteiger partial charge in [-0.05, 0) is 33.2 Å². The maximum atomic E-state index is 6.09. The molecule has 0 atom stereocenters. The van der Waals surface area contributed by atoms with Crippen LogP contribution in [0.25, 0.3) is 0 Å². The fraction of sp³-hybridized carbons (Fsp3) is 0.533. The summed E-state index contributed by atoms with van der Waals surface area (Å²) in [6, 6.07) is 6.48. The Balaban J connectivity index is 1.93. The maximum absolute atomic E-state index is 6.09. The van der Waals surface area contributed by atoms with E-state index in [9.17, 15) is 0 Å². The molecule has 2 aliphatic rings. The molecule has 3 rings (SSSR count). The smallest absolute Gasteiger partial charge is 0.399 e. The van der Waals surface area contributed by atoms with Crippen LogP contribution in [-0.4, -0.2) is 36.2 Å². The molecule has 1 aromatic rings. The minimum atomic E-state index is -0.283. The summed E-state index contributed by atoms with van der Waals surface area (Å²) in [5.41, 5.74) is 3.15. The summed E-state index contributed by atoms with van der Waals surface area (Å²) in [4.78, 5) is 0. The molecule has 2 aliphatic heterocycles. The number of hydrogen-bond acceptors (Lipinski definition) is 2. The molecular weight excluding hydrogens is 237 g/mol. The van der Waals surface area contributed by atoms with Gasteiger partial charge in [-0.15, -0.1) is 0 Å². The molecule has 0 unspecified atom stereocenters. The van der Waals surface area contributed by atoms with Gasteiger partial charge in [0.1, 0.15) is 13.3 Å². The second kappa shape index (κ2) is 3.93. The van der Waals surface area contributed by atoms with Crippen molar-refractivity contribution in [3.05, 3.63) is 23.8 Å². The minimum absolute atomic E-state index is 0.274. The molecule has 1 saturated heterocycles. The highest BCUT2D eigenvalue weighted by Gasteiger charge is 2.51. The third kappa shape index (κ3) is 1.94. The first-order valence-electron chi connectivity index (χ1n) is 6.85. The van der Waals surface area contributed by atoms with Crippen molar-refractivity contribution in [3.63, 3.8) is 0 Å². The lowest BCUT2D eigenvalue weighted by Gasteiger charge is -2.32. The average Bonchev–Trinajstić information content (AvgIpc) is 2.78. The Hall–Kier alpha value is -1.13. The van der Waals surface area contributed by atoms with Crippen LogP contribution in [0.2, 0.25) is 0 Å². The van der Waals surface area contributed by atoms with Crippen molar-refractivity contribution in [1.29, 1.82) is 0 Å². The number of hydrogen-bond donors (Lipinski definition) is 0. The highest BCUT2D eigenvalue weighted by molar-refractivity contribution is 6.62. The Morgan fingerprint density at radius 3 is 2.37 bits per heavy atom. The molecule has 3 nitrogen and oxygen atoms in total. The number of rotatable bonds is 1. The van der Waals surface area contributed by atoms with Crippen molar-refractivity contribution in [2.24, 2.45) is 0 Å². The number of fused-ring (bicyclic) bond motifs is 1. The lowest BCUT2D eigenvalue weighted by Crippen LogP contribution is -2.41. The van der Waals surface area contributed by atoms with Gasteiger partial charge in [0.2, 0.25) is 5.69 Å². The fourth-order valence-electron chi connectivity index (χ4n) is 2.54. The molecule has 0 radical (unpaired) electrons. The molecule has 0 aromatic heterocycles. The first-order valence-corrected chi connectivity index (χ1v) is 6.85. The third-order valence-electron chi connectivity index (χ3n) is 4.60. The van der Waals surface area contributed by atoms with Gasteiger partial charge < -0.3 is 9.31 Å². The Morgan fingerprint density at radius 1 is 1.11 bits per heavy atom. The van der Waals surface area contributed by atoms with E-state index < -0.39 is 0 Å². The Morgan fingerprint density at radius 2 is 1.74 bits per heavy atom. The van der Waals surface area contributed by atoms with Gasteiger partial charge >= 0.3 is 7.12 Å². The van der Waals surface area contributed by atoms with Crippen molar-refractivity contribution >= 4 is 24.5 Å². The van der Waals surface area contributed by atoms with Crippen molar-refractivity contribution < 1.29 is 13.9 Å². The summed E-state index contributed by atoms with van der Waals surface area (Å²) in [5, 5.41) is 0. The van der Waals surface area contributed by atoms with E-state index in [0.717, 1.165) is 11.9 Å². The van der Waals surface area contributed by atoms with Crippen molar-refractivity contribution in [2.75, 3.05) is 7.05 Å². The Kier molecular flexibility index (Phi) is 2.67. The summed E-state index contributed by atoms with van der Waals surface area (Å²) in [5.74, 6) is 0. The number of nitrogens with zero attached hydrogens (tertiary/aromatic N) is 1. The second-order valence-electron chi connectivity index (χ2n) is 6.47.